The maximum atomic E-state index is 12.5. The zero-order valence-electron chi connectivity index (χ0n) is 13.6. The molecule has 1 saturated heterocycles. The number of anilines is 1. The molecule has 2 amide bonds. The Hall–Kier alpha value is -1.30. The van der Waals surface area contributed by atoms with Crippen LogP contribution in [-0.2, 0) is 9.59 Å². The molecule has 7 heteroatoms. The van der Waals surface area contributed by atoms with Crippen molar-refractivity contribution in [1.82, 2.24) is 9.80 Å². The van der Waals surface area contributed by atoms with E-state index in [2.05, 4.69) is 17.1 Å². The molecule has 1 aromatic carbocycles. The van der Waals surface area contributed by atoms with Crippen LogP contribution in [0.15, 0.2) is 18.2 Å². The largest absolute Gasteiger partial charge is 0.340 e. The van der Waals surface area contributed by atoms with Crippen molar-refractivity contribution in [2.24, 2.45) is 11.8 Å². The average Bonchev–Trinajstić information content (AvgIpc) is 3.34. The van der Waals surface area contributed by atoms with Gasteiger partial charge in [-0.15, -0.1) is 0 Å². The lowest BCUT2D eigenvalue weighted by Crippen LogP contribution is -2.49. The van der Waals surface area contributed by atoms with E-state index in [4.69, 9.17) is 23.2 Å². The molecule has 2 fully saturated rings. The maximum absolute atomic E-state index is 12.5. The van der Waals surface area contributed by atoms with Gasteiger partial charge in [0.2, 0.25) is 11.8 Å². The summed E-state index contributed by atoms with van der Waals surface area (Å²) < 4.78 is 0. The van der Waals surface area contributed by atoms with E-state index in [1.165, 1.54) is 0 Å². The number of amides is 2. The highest BCUT2D eigenvalue weighted by Crippen LogP contribution is 2.41. The molecule has 1 aromatic rings. The number of likely N-dealkylation sites (N-methyl/N-ethyl adjacent to an activating group) is 1. The van der Waals surface area contributed by atoms with Crippen molar-refractivity contribution in [2.45, 2.75) is 13.3 Å². The molecule has 24 heavy (non-hydrogen) atoms. The second-order valence-electron chi connectivity index (χ2n) is 6.36. The number of hydrogen-bond acceptors (Lipinski definition) is 3. The van der Waals surface area contributed by atoms with Crippen molar-refractivity contribution in [3.8, 4) is 0 Å². The second-order valence-corrected chi connectivity index (χ2v) is 7.23. The summed E-state index contributed by atoms with van der Waals surface area (Å²) in [5, 5.41) is 3.74. The van der Waals surface area contributed by atoms with Gasteiger partial charge in [-0.25, -0.2) is 0 Å². The van der Waals surface area contributed by atoms with E-state index in [0.29, 0.717) is 22.2 Å². The number of carbonyl (C=O) groups is 2. The minimum absolute atomic E-state index is 0.107. The van der Waals surface area contributed by atoms with E-state index in [9.17, 15) is 9.59 Å². The fraction of sp³-hybridized carbons (Fsp3) is 0.529. The molecule has 5 nitrogen and oxygen atoms in total. The summed E-state index contributed by atoms with van der Waals surface area (Å²) >= 11 is 11.9. The predicted molar refractivity (Wildman–Crippen MR) is 95.4 cm³/mol. The van der Waals surface area contributed by atoms with Crippen LogP contribution in [0.1, 0.15) is 13.3 Å². The van der Waals surface area contributed by atoms with E-state index >= 15 is 0 Å². The molecule has 1 saturated carbocycles. The highest BCUT2D eigenvalue weighted by Gasteiger charge is 2.49. The van der Waals surface area contributed by atoms with Gasteiger partial charge in [-0.05, 0) is 31.2 Å². The molecule has 0 bridgehead atoms. The molecule has 2 unspecified atom stereocenters. The van der Waals surface area contributed by atoms with Crippen LogP contribution in [0.4, 0.5) is 5.69 Å². The molecule has 0 radical (unpaired) electrons. The number of carbonyl (C=O) groups excluding carboxylic acids is 2. The van der Waals surface area contributed by atoms with Crippen molar-refractivity contribution in [2.75, 3.05) is 38.0 Å². The van der Waals surface area contributed by atoms with Crippen molar-refractivity contribution in [1.29, 1.82) is 0 Å². The fourth-order valence-corrected chi connectivity index (χ4v) is 3.66. The molecule has 0 aromatic heterocycles. The van der Waals surface area contributed by atoms with Crippen LogP contribution in [0.5, 0.6) is 0 Å². The fourth-order valence-electron chi connectivity index (χ4n) is 3.14. The lowest BCUT2D eigenvalue weighted by molar-refractivity contribution is -0.135. The maximum Gasteiger partial charge on any atom is 0.228 e. The highest BCUT2D eigenvalue weighted by atomic mass is 35.5. The van der Waals surface area contributed by atoms with Gasteiger partial charge in [0.1, 0.15) is 0 Å². The van der Waals surface area contributed by atoms with Gasteiger partial charge in [-0.2, -0.15) is 0 Å². The minimum Gasteiger partial charge on any atom is -0.340 e. The quantitative estimate of drug-likeness (QED) is 0.887. The molecule has 3 rings (SSSR count). The lowest BCUT2D eigenvalue weighted by atomic mass is 10.2. The first-order valence-electron chi connectivity index (χ1n) is 8.26. The number of halogens is 2. The normalized spacial score (nSPS) is 23.9. The van der Waals surface area contributed by atoms with Gasteiger partial charge in [0.25, 0.3) is 0 Å². The minimum atomic E-state index is -0.250. The molecule has 130 valence electrons. The Morgan fingerprint density at radius 3 is 2.29 bits per heavy atom. The van der Waals surface area contributed by atoms with Gasteiger partial charge < -0.3 is 15.1 Å². The van der Waals surface area contributed by atoms with Crippen molar-refractivity contribution in [3.63, 3.8) is 0 Å². The molecular formula is C17H21Cl2N3O2. The number of nitrogens with zero attached hydrogens (tertiary/aromatic N) is 2. The van der Waals surface area contributed by atoms with E-state index in [1.54, 1.807) is 18.2 Å². The topological polar surface area (TPSA) is 52.7 Å². The van der Waals surface area contributed by atoms with Crippen molar-refractivity contribution < 1.29 is 9.59 Å². The third-order valence-electron chi connectivity index (χ3n) is 4.71. The molecule has 2 aliphatic rings. The first-order chi connectivity index (χ1) is 11.5. The van der Waals surface area contributed by atoms with E-state index in [0.717, 1.165) is 32.7 Å². The Balaban J connectivity index is 1.53. The Bertz CT molecular complexity index is 624. The number of nitrogens with one attached hydrogen (secondary N) is 1. The molecular weight excluding hydrogens is 349 g/mol. The first kappa shape index (κ1) is 17.5. The van der Waals surface area contributed by atoms with Gasteiger partial charge >= 0.3 is 0 Å². The van der Waals surface area contributed by atoms with Crippen LogP contribution >= 0.6 is 23.2 Å². The molecule has 2 atom stereocenters. The van der Waals surface area contributed by atoms with Crippen LogP contribution in [0.25, 0.3) is 0 Å². The smallest absolute Gasteiger partial charge is 0.228 e. The summed E-state index contributed by atoms with van der Waals surface area (Å²) in [6.07, 6.45) is 0.618. The first-order valence-corrected chi connectivity index (χ1v) is 9.01. The Kier molecular flexibility index (Phi) is 5.33. The Morgan fingerprint density at radius 1 is 1.08 bits per heavy atom. The third kappa shape index (κ3) is 4.02. The van der Waals surface area contributed by atoms with Crippen LogP contribution in [0, 0.1) is 11.8 Å². The van der Waals surface area contributed by atoms with Gasteiger partial charge in [-0.1, -0.05) is 30.1 Å². The summed E-state index contributed by atoms with van der Waals surface area (Å²) in [4.78, 5) is 29.0. The Morgan fingerprint density at radius 2 is 1.71 bits per heavy atom. The number of benzene rings is 1. The van der Waals surface area contributed by atoms with Gasteiger partial charge in [0.05, 0.1) is 11.8 Å². The molecule has 0 spiro atoms. The second kappa shape index (κ2) is 7.30. The summed E-state index contributed by atoms with van der Waals surface area (Å²) in [5.74, 6) is -0.471. The third-order valence-corrected chi connectivity index (χ3v) is 5.14. The number of rotatable bonds is 4. The Labute approximate surface area is 151 Å². The van der Waals surface area contributed by atoms with Crippen LogP contribution in [0.2, 0.25) is 10.0 Å². The van der Waals surface area contributed by atoms with Gasteiger partial charge in [-0.3, -0.25) is 9.59 Å². The van der Waals surface area contributed by atoms with Crippen LogP contribution in [0.3, 0.4) is 0 Å². The molecule has 1 N–H and O–H groups in total. The van der Waals surface area contributed by atoms with Crippen LogP contribution < -0.4 is 5.32 Å². The summed E-state index contributed by atoms with van der Waals surface area (Å²) in [7, 11) is 0. The van der Waals surface area contributed by atoms with E-state index in [1.807, 2.05) is 4.90 Å². The zero-order chi connectivity index (χ0) is 17.3. The monoisotopic (exact) mass is 369 g/mol. The molecule has 1 heterocycles. The van der Waals surface area contributed by atoms with E-state index in [-0.39, 0.29) is 23.7 Å². The number of piperazine rings is 1. The highest BCUT2D eigenvalue weighted by molar-refractivity contribution is 6.35. The summed E-state index contributed by atoms with van der Waals surface area (Å²) in [6.45, 7) is 6.46. The van der Waals surface area contributed by atoms with Gasteiger partial charge in [0.15, 0.2) is 0 Å². The van der Waals surface area contributed by atoms with E-state index < -0.39 is 0 Å². The molecule has 1 aliphatic carbocycles. The lowest BCUT2D eigenvalue weighted by Gasteiger charge is -2.34. The van der Waals surface area contributed by atoms with Crippen molar-refractivity contribution >= 4 is 40.7 Å². The van der Waals surface area contributed by atoms with Crippen LogP contribution in [-0.4, -0.2) is 54.3 Å². The SMILES string of the molecule is CCN1CCN(C(=O)C2CC2C(=O)Nc2cc(Cl)cc(Cl)c2)CC1. The standard InChI is InChI=1S/C17H21Cl2N3O2/c1-2-21-3-5-22(6-4-21)17(24)15-10-14(15)16(23)20-13-8-11(18)7-12(19)9-13/h7-9,14-15H,2-6,10H2,1H3,(H,20,23). The molecule has 1 aliphatic heterocycles. The van der Waals surface area contributed by atoms with Crippen molar-refractivity contribution in [3.05, 3.63) is 28.2 Å². The number of hydrogen-bond donors (Lipinski definition) is 1. The summed E-state index contributed by atoms with van der Waals surface area (Å²) in [5.41, 5.74) is 0.562. The zero-order valence-corrected chi connectivity index (χ0v) is 15.1. The van der Waals surface area contributed by atoms with Gasteiger partial charge in [0, 0.05) is 41.9 Å². The predicted octanol–water partition coefficient (Wildman–Crippen LogP) is 2.73. The summed E-state index contributed by atoms with van der Waals surface area (Å²) in [6, 6.07) is 4.90. The average molecular weight is 370 g/mol.